The summed E-state index contributed by atoms with van der Waals surface area (Å²) in [6.45, 7) is 3.75. The standard InChI is InChI=1S/C16H18O5/c1-8(2)3-4-10(17)9-7-13(20)14-11(18)5-6-12(19)15(14)16(9)21/h3,7,10,17,20-21H,4-6H2,1-2H3/t10-/m1/s1. The Hall–Kier alpha value is -2.14. The fourth-order valence-corrected chi connectivity index (χ4v) is 2.44. The van der Waals surface area contributed by atoms with E-state index >= 15 is 0 Å². The van der Waals surface area contributed by atoms with Gasteiger partial charge in [-0.25, -0.2) is 0 Å². The van der Waals surface area contributed by atoms with Crippen molar-refractivity contribution in [1.82, 2.24) is 0 Å². The largest absolute Gasteiger partial charge is 0.507 e. The van der Waals surface area contributed by atoms with Crippen molar-refractivity contribution in [3.8, 4) is 11.5 Å². The average Bonchev–Trinajstić information content (AvgIpc) is 2.42. The third-order valence-corrected chi connectivity index (χ3v) is 3.55. The lowest BCUT2D eigenvalue weighted by atomic mass is 9.85. The van der Waals surface area contributed by atoms with Gasteiger partial charge in [0.15, 0.2) is 11.6 Å². The van der Waals surface area contributed by atoms with Crippen LogP contribution in [0.1, 0.15) is 65.5 Å². The highest BCUT2D eigenvalue weighted by Crippen LogP contribution is 2.40. The normalized spacial score (nSPS) is 15.6. The minimum absolute atomic E-state index is 0.00630. The number of aliphatic hydroxyl groups excluding tert-OH is 1. The molecule has 1 aromatic rings. The molecule has 2 rings (SSSR count). The highest BCUT2D eigenvalue weighted by molar-refractivity contribution is 6.16. The van der Waals surface area contributed by atoms with Crippen LogP contribution < -0.4 is 0 Å². The molecule has 5 heteroatoms. The summed E-state index contributed by atoms with van der Waals surface area (Å²) in [6, 6.07) is 1.16. The molecule has 21 heavy (non-hydrogen) atoms. The number of fused-ring (bicyclic) bond motifs is 1. The average molecular weight is 290 g/mol. The molecule has 5 nitrogen and oxygen atoms in total. The number of benzene rings is 1. The molecular weight excluding hydrogens is 272 g/mol. The molecule has 0 fully saturated rings. The Morgan fingerprint density at radius 2 is 1.76 bits per heavy atom. The van der Waals surface area contributed by atoms with Crippen molar-refractivity contribution in [1.29, 1.82) is 0 Å². The Morgan fingerprint density at radius 3 is 2.33 bits per heavy atom. The van der Waals surface area contributed by atoms with E-state index in [2.05, 4.69) is 0 Å². The van der Waals surface area contributed by atoms with Gasteiger partial charge < -0.3 is 15.3 Å². The van der Waals surface area contributed by atoms with Crippen molar-refractivity contribution < 1.29 is 24.9 Å². The quantitative estimate of drug-likeness (QED) is 0.587. The zero-order chi connectivity index (χ0) is 15.7. The predicted molar refractivity (Wildman–Crippen MR) is 76.7 cm³/mol. The first kappa shape index (κ1) is 15.3. The van der Waals surface area contributed by atoms with Crippen molar-refractivity contribution in [2.75, 3.05) is 0 Å². The first-order chi connectivity index (χ1) is 9.82. The maximum Gasteiger partial charge on any atom is 0.167 e. The molecule has 1 aromatic carbocycles. The molecule has 1 aliphatic rings. The molecule has 0 saturated carbocycles. The van der Waals surface area contributed by atoms with Crippen molar-refractivity contribution in [3.05, 3.63) is 34.4 Å². The van der Waals surface area contributed by atoms with Crippen molar-refractivity contribution in [3.63, 3.8) is 0 Å². The highest BCUT2D eigenvalue weighted by atomic mass is 16.3. The minimum Gasteiger partial charge on any atom is -0.507 e. The summed E-state index contributed by atoms with van der Waals surface area (Å²) in [5.74, 6) is -1.54. The monoisotopic (exact) mass is 290 g/mol. The molecule has 0 aromatic heterocycles. The maximum absolute atomic E-state index is 11.9. The van der Waals surface area contributed by atoms with E-state index in [1.54, 1.807) is 6.08 Å². The zero-order valence-electron chi connectivity index (χ0n) is 12.0. The maximum atomic E-state index is 11.9. The predicted octanol–water partition coefficient (Wildman–Crippen LogP) is 2.65. The number of ketones is 2. The summed E-state index contributed by atoms with van der Waals surface area (Å²) in [5, 5.41) is 30.3. The molecule has 1 atom stereocenters. The van der Waals surface area contributed by atoms with E-state index in [9.17, 15) is 24.9 Å². The van der Waals surface area contributed by atoms with Crippen LogP contribution in [-0.4, -0.2) is 26.9 Å². The molecule has 1 aliphatic carbocycles. The fourth-order valence-electron chi connectivity index (χ4n) is 2.44. The van der Waals surface area contributed by atoms with Gasteiger partial charge in [-0.05, 0) is 26.3 Å². The van der Waals surface area contributed by atoms with Crippen LogP contribution >= 0.6 is 0 Å². The van der Waals surface area contributed by atoms with Crippen molar-refractivity contribution in [2.24, 2.45) is 0 Å². The van der Waals surface area contributed by atoms with Crippen LogP contribution in [0.4, 0.5) is 0 Å². The summed E-state index contributed by atoms with van der Waals surface area (Å²) in [6.07, 6.45) is 1.01. The molecular formula is C16H18O5. The smallest absolute Gasteiger partial charge is 0.167 e. The second-order valence-electron chi connectivity index (χ2n) is 5.46. The van der Waals surface area contributed by atoms with E-state index in [1.807, 2.05) is 13.8 Å². The summed E-state index contributed by atoms with van der Waals surface area (Å²) >= 11 is 0. The highest BCUT2D eigenvalue weighted by Gasteiger charge is 2.32. The first-order valence-corrected chi connectivity index (χ1v) is 6.79. The second-order valence-corrected chi connectivity index (χ2v) is 5.46. The van der Waals surface area contributed by atoms with Gasteiger partial charge in [-0.15, -0.1) is 0 Å². The molecule has 112 valence electrons. The molecule has 0 heterocycles. The van der Waals surface area contributed by atoms with Gasteiger partial charge in [0.25, 0.3) is 0 Å². The van der Waals surface area contributed by atoms with Crippen LogP contribution in [0.5, 0.6) is 11.5 Å². The lowest BCUT2D eigenvalue weighted by Crippen LogP contribution is -2.18. The van der Waals surface area contributed by atoms with Crippen molar-refractivity contribution >= 4 is 11.6 Å². The van der Waals surface area contributed by atoms with Gasteiger partial charge in [-0.1, -0.05) is 11.6 Å². The Labute approximate surface area is 122 Å². The van der Waals surface area contributed by atoms with E-state index in [4.69, 9.17) is 0 Å². The number of aromatic hydroxyl groups is 2. The number of hydrogen-bond donors (Lipinski definition) is 3. The van der Waals surface area contributed by atoms with E-state index in [0.717, 1.165) is 11.6 Å². The molecule has 0 aliphatic heterocycles. The van der Waals surface area contributed by atoms with E-state index in [-0.39, 0.29) is 47.5 Å². The fraction of sp³-hybridized carbons (Fsp3) is 0.375. The van der Waals surface area contributed by atoms with Crippen molar-refractivity contribution in [2.45, 2.75) is 39.2 Å². The molecule has 0 amide bonds. The molecule has 3 N–H and O–H groups in total. The molecule has 0 spiro atoms. The van der Waals surface area contributed by atoms with Gasteiger partial charge in [-0.2, -0.15) is 0 Å². The van der Waals surface area contributed by atoms with E-state index < -0.39 is 17.6 Å². The summed E-state index contributed by atoms with van der Waals surface area (Å²) in [5.41, 5.74) is 0.758. The number of carbonyl (C=O) groups excluding carboxylic acids is 2. The van der Waals surface area contributed by atoms with Gasteiger partial charge in [0, 0.05) is 18.4 Å². The molecule has 0 bridgehead atoms. The Balaban J connectivity index is 2.53. The number of rotatable bonds is 3. The molecule has 0 unspecified atom stereocenters. The third-order valence-electron chi connectivity index (χ3n) is 3.55. The first-order valence-electron chi connectivity index (χ1n) is 6.79. The van der Waals surface area contributed by atoms with Crippen LogP contribution in [0.15, 0.2) is 17.7 Å². The number of Topliss-reactive ketones (excluding diaryl/α,β-unsaturated/α-hetero) is 2. The van der Waals surface area contributed by atoms with E-state index in [0.29, 0.717) is 0 Å². The number of hydrogen-bond acceptors (Lipinski definition) is 5. The lowest BCUT2D eigenvalue weighted by Gasteiger charge is -2.20. The molecule has 0 saturated heterocycles. The number of phenolic OH excluding ortho intramolecular Hbond substituents is 2. The van der Waals surface area contributed by atoms with Gasteiger partial charge in [0.05, 0.1) is 17.2 Å². The van der Waals surface area contributed by atoms with Gasteiger partial charge in [0.1, 0.15) is 11.5 Å². The molecule has 0 radical (unpaired) electrons. The topological polar surface area (TPSA) is 94.8 Å². The number of aliphatic hydroxyl groups is 1. The van der Waals surface area contributed by atoms with Gasteiger partial charge >= 0.3 is 0 Å². The summed E-state index contributed by atoms with van der Waals surface area (Å²) in [7, 11) is 0. The van der Waals surface area contributed by atoms with Crippen LogP contribution in [0.3, 0.4) is 0 Å². The second kappa shape index (κ2) is 5.69. The SMILES string of the molecule is CC(C)=CC[C@@H](O)c1cc(O)c2c(c1O)C(=O)CCC2=O. The summed E-state index contributed by atoms with van der Waals surface area (Å²) < 4.78 is 0. The lowest BCUT2D eigenvalue weighted by molar-refractivity contribution is 0.0883. The zero-order valence-corrected chi connectivity index (χ0v) is 12.0. The Morgan fingerprint density at radius 1 is 1.19 bits per heavy atom. The van der Waals surface area contributed by atoms with Crippen LogP contribution in [-0.2, 0) is 0 Å². The van der Waals surface area contributed by atoms with Gasteiger partial charge in [0.2, 0.25) is 0 Å². The van der Waals surface area contributed by atoms with Crippen LogP contribution in [0.25, 0.3) is 0 Å². The Bertz CT molecular complexity index is 639. The summed E-state index contributed by atoms with van der Waals surface area (Å²) in [4.78, 5) is 23.7. The van der Waals surface area contributed by atoms with Crippen LogP contribution in [0, 0.1) is 0 Å². The number of carbonyl (C=O) groups is 2. The Kier molecular flexibility index (Phi) is 4.14. The number of phenols is 2. The third kappa shape index (κ3) is 2.83. The van der Waals surface area contributed by atoms with E-state index in [1.165, 1.54) is 0 Å². The number of allylic oxidation sites excluding steroid dienone is 1. The minimum atomic E-state index is -1.05. The van der Waals surface area contributed by atoms with Gasteiger partial charge in [-0.3, -0.25) is 9.59 Å². The van der Waals surface area contributed by atoms with Crippen LogP contribution in [0.2, 0.25) is 0 Å².